The number of ketones is 3. The van der Waals surface area contributed by atoms with Crippen molar-refractivity contribution >= 4 is 17.3 Å². The lowest BCUT2D eigenvalue weighted by Gasteiger charge is -2.42. The van der Waals surface area contributed by atoms with Crippen molar-refractivity contribution in [3.05, 3.63) is 51.6 Å². The summed E-state index contributed by atoms with van der Waals surface area (Å²) in [5.41, 5.74) is 2.75. The summed E-state index contributed by atoms with van der Waals surface area (Å²) in [6, 6.07) is 3.71. The number of hydrogen-bond donors (Lipinski definition) is 5. The number of phenols is 2. The van der Waals surface area contributed by atoms with Gasteiger partial charge in [-0.1, -0.05) is 12.1 Å². The molecule has 214 valence electrons. The smallest absolute Gasteiger partial charge is 0.202 e. The zero-order valence-corrected chi connectivity index (χ0v) is 22.2. The van der Waals surface area contributed by atoms with E-state index in [1.807, 2.05) is 0 Å². The number of rotatable bonds is 6. The van der Waals surface area contributed by atoms with E-state index in [-0.39, 0.29) is 40.8 Å². The first-order valence-electron chi connectivity index (χ1n) is 12.8. The van der Waals surface area contributed by atoms with Crippen LogP contribution < -0.4 is 10.5 Å². The molecule has 6 N–H and O–H groups in total. The number of methoxy groups -OCH3 is 2. The highest BCUT2D eigenvalue weighted by atomic mass is 16.7. The molecule has 40 heavy (non-hydrogen) atoms. The number of ether oxygens (including phenoxy) is 4. The Kier molecular flexibility index (Phi) is 7.19. The van der Waals surface area contributed by atoms with Gasteiger partial charge < -0.3 is 45.1 Å². The summed E-state index contributed by atoms with van der Waals surface area (Å²) in [5.74, 6) is -3.37. The first-order chi connectivity index (χ1) is 18.9. The predicted octanol–water partition coefficient (Wildman–Crippen LogP) is 0.655. The monoisotopic (exact) mass is 557 g/mol. The highest BCUT2D eigenvalue weighted by Gasteiger charge is 2.50. The van der Waals surface area contributed by atoms with E-state index in [1.165, 1.54) is 32.4 Å². The molecule has 12 heteroatoms. The van der Waals surface area contributed by atoms with Gasteiger partial charge in [-0.25, -0.2) is 0 Å². The van der Waals surface area contributed by atoms with Crippen molar-refractivity contribution in [3.63, 3.8) is 0 Å². The Balaban J connectivity index is 1.68. The molecule has 0 amide bonds. The molecule has 2 aromatic carbocycles. The summed E-state index contributed by atoms with van der Waals surface area (Å²) in [6.45, 7) is 1.15. The lowest BCUT2D eigenvalue weighted by Crippen LogP contribution is -2.53. The van der Waals surface area contributed by atoms with E-state index < -0.39 is 89.2 Å². The second-order valence-corrected chi connectivity index (χ2v) is 10.4. The van der Waals surface area contributed by atoms with Gasteiger partial charge in [-0.3, -0.25) is 14.4 Å². The van der Waals surface area contributed by atoms with Crippen molar-refractivity contribution < 1.29 is 53.8 Å². The summed E-state index contributed by atoms with van der Waals surface area (Å²) < 4.78 is 22.1. The maximum Gasteiger partial charge on any atom is 0.202 e. The van der Waals surface area contributed by atoms with Gasteiger partial charge in [0.1, 0.15) is 29.5 Å². The molecular formula is C28H31NO11. The number of aromatic hydroxyl groups is 2. The minimum Gasteiger partial charge on any atom is -0.507 e. The molecule has 5 rings (SSSR count). The molecule has 0 bridgehead atoms. The molecule has 0 saturated carbocycles. The molecular weight excluding hydrogens is 526 g/mol. The van der Waals surface area contributed by atoms with Crippen LogP contribution in [0.2, 0.25) is 0 Å². The highest BCUT2D eigenvalue weighted by molar-refractivity contribution is 6.31. The number of aliphatic hydroxyl groups excluding tert-OH is 1. The van der Waals surface area contributed by atoms with Gasteiger partial charge in [0.05, 0.1) is 42.1 Å². The standard InChI is InChI=1S/C28H31NO11/c1-11-23(31)14(29)7-18(39-11)40-16-9-28(36,17(30)10-37-2)8-13-20(16)27(35)22-21(25(13)33)24(32)12-5-4-6-15(38-3)19(12)26(22)34/h4-6,11,14,16,18,23,31,33,35-36H,7-10,29H2,1-3H3/t11?,14?,16?,18?,23?,28-/m0/s1. The predicted molar refractivity (Wildman–Crippen MR) is 137 cm³/mol. The number of carbonyl (C=O) groups excluding carboxylic acids is 3. The number of nitrogens with two attached hydrogens (primary N) is 1. The van der Waals surface area contributed by atoms with Gasteiger partial charge in [0.2, 0.25) is 5.78 Å². The number of Topliss-reactive ketones (excluding diaryl/α,β-unsaturated/α-hetero) is 1. The van der Waals surface area contributed by atoms with Crippen LogP contribution >= 0.6 is 0 Å². The normalized spacial score (nSPS) is 29.4. The summed E-state index contributed by atoms with van der Waals surface area (Å²) in [4.78, 5) is 40.2. The van der Waals surface area contributed by atoms with Gasteiger partial charge in [-0.05, 0) is 13.0 Å². The molecule has 1 fully saturated rings. The van der Waals surface area contributed by atoms with Gasteiger partial charge in [0, 0.05) is 49.1 Å². The van der Waals surface area contributed by atoms with Gasteiger partial charge in [0.15, 0.2) is 17.9 Å². The largest absolute Gasteiger partial charge is 0.507 e. The molecule has 12 nitrogen and oxygen atoms in total. The molecule has 1 heterocycles. The number of hydrogen-bond acceptors (Lipinski definition) is 12. The minimum absolute atomic E-state index is 0.0297. The van der Waals surface area contributed by atoms with Crippen molar-refractivity contribution in [3.8, 4) is 17.2 Å². The average Bonchev–Trinajstić information content (AvgIpc) is 2.91. The Labute approximate surface area is 229 Å². The number of carbonyl (C=O) groups is 3. The van der Waals surface area contributed by atoms with E-state index in [0.717, 1.165) is 0 Å². The molecule has 6 atom stereocenters. The zero-order chi connectivity index (χ0) is 29.1. The van der Waals surface area contributed by atoms with Crippen molar-refractivity contribution in [1.29, 1.82) is 0 Å². The second kappa shape index (κ2) is 10.2. The Morgan fingerprint density at radius 2 is 1.82 bits per heavy atom. The second-order valence-electron chi connectivity index (χ2n) is 10.4. The SMILES string of the molecule is COCC(=O)[C@]1(O)Cc2c(O)c3c(c(O)c2C(OC2CC(N)C(O)C(C)O2)C1)C(=O)c1c(OC)cccc1C3=O. The molecule has 2 aliphatic carbocycles. The minimum atomic E-state index is -2.11. The third-order valence-corrected chi connectivity index (χ3v) is 7.94. The molecule has 0 radical (unpaired) electrons. The molecule has 1 saturated heterocycles. The number of aliphatic hydroxyl groups is 2. The fourth-order valence-electron chi connectivity index (χ4n) is 5.87. The van der Waals surface area contributed by atoms with Crippen LogP contribution in [0, 0.1) is 0 Å². The van der Waals surface area contributed by atoms with E-state index in [2.05, 4.69) is 0 Å². The van der Waals surface area contributed by atoms with Gasteiger partial charge in [-0.15, -0.1) is 0 Å². The van der Waals surface area contributed by atoms with Crippen molar-refractivity contribution in [2.24, 2.45) is 5.73 Å². The average molecular weight is 558 g/mol. The third-order valence-electron chi connectivity index (χ3n) is 7.94. The fraction of sp³-hybridized carbons (Fsp3) is 0.464. The third kappa shape index (κ3) is 4.28. The molecule has 1 aliphatic heterocycles. The van der Waals surface area contributed by atoms with Gasteiger partial charge >= 0.3 is 0 Å². The van der Waals surface area contributed by atoms with E-state index in [4.69, 9.17) is 24.7 Å². The van der Waals surface area contributed by atoms with Crippen LogP contribution in [0.25, 0.3) is 0 Å². The highest BCUT2D eigenvalue weighted by Crippen LogP contribution is 2.52. The van der Waals surface area contributed by atoms with Crippen molar-refractivity contribution in [2.45, 2.75) is 62.4 Å². The molecule has 0 spiro atoms. The Morgan fingerprint density at radius 3 is 2.48 bits per heavy atom. The van der Waals surface area contributed by atoms with Crippen molar-refractivity contribution in [2.75, 3.05) is 20.8 Å². The van der Waals surface area contributed by atoms with Crippen molar-refractivity contribution in [1.82, 2.24) is 0 Å². The van der Waals surface area contributed by atoms with Crippen LogP contribution in [-0.4, -0.2) is 88.7 Å². The van der Waals surface area contributed by atoms with Crippen LogP contribution in [0.1, 0.15) is 68.8 Å². The van der Waals surface area contributed by atoms with Crippen LogP contribution in [-0.2, 0) is 25.4 Å². The number of benzene rings is 2. The Morgan fingerprint density at radius 1 is 1.12 bits per heavy atom. The van der Waals surface area contributed by atoms with E-state index >= 15 is 0 Å². The quantitative estimate of drug-likeness (QED) is 0.266. The van der Waals surface area contributed by atoms with Crippen LogP contribution in [0.15, 0.2) is 18.2 Å². The topological polar surface area (TPSA) is 195 Å². The number of phenolic OH excluding ortho intramolecular Hbond substituents is 2. The van der Waals surface area contributed by atoms with Crippen LogP contribution in [0.4, 0.5) is 0 Å². The molecule has 0 aromatic heterocycles. The first-order valence-corrected chi connectivity index (χ1v) is 12.8. The molecule has 5 unspecified atom stereocenters. The van der Waals surface area contributed by atoms with Crippen LogP contribution in [0.3, 0.4) is 0 Å². The molecule has 3 aliphatic rings. The summed E-state index contributed by atoms with van der Waals surface area (Å²) >= 11 is 0. The lowest BCUT2D eigenvalue weighted by atomic mass is 9.72. The Bertz CT molecular complexity index is 1390. The maximum atomic E-state index is 13.7. The summed E-state index contributed by atoms with van der Waals surface area (Å²) in [6.07, 6.45) is -4.80. The molecule has 2 aromatic rings. The first kappa shape index (κ1) is 28.1. The van der Waals surface area contributed by atoms with Crippen LogP contribution in [0.5, 0.6) is 17.2 Å². The van der Waals surface area contributed by atoms with E-state index in [1.54, 1.807) is 6.92 Å². The lowest BCUT2D eigenvalue weighted by molar-refractivity contribution is -0.247. The van der Waals surface area contributed by atoms with E-state index in [0.29, 0.717) is 0 Å². The Hall–Kier alpha value is -3.39. The summed E-state index contributed by atoms with van der Waals surface area (Å²) in [5, 5.41) is 44.6. The van der Waals surface area contributed by atoms with Gasteiger partial charge in [0.25, 0.3) is 0 Å². The maximum absolute atomic E-state index is 13.7. The van der Waals surface area contributed by atoms with Gasteiger partial charge in [-0.2, -0.15) is 0 Å². The number of fused-ring (bicyclic) bond motifs is 3. The summed E-state index contributed by atoms with van der Waals surface area (Å²) in [7, 11) is 2.62. The zero-order valence-electron chi connectivity index (χ0n) is 22.2. The fourth-order valence-corrected chi connectivity index (χ4v) is 5.87. The van der Waals surface area contributed by atoms with E-state index in [9.17, 15) is 34.8 Å².